The van der Waals surface area contributed by atoms with Gasteiger partial charge < -0.3 is 19.7 Å². The molecule has 0 amide bonds. The number of aldehydes is 1. The van der Waals surface area contributed by atoms with Crippen LogP contribution in [0.4, 0.5) is 0 Å². The summed E-state index contributed by atoms with van der Waals surface area (Å²) in [7, 11) is 2.86. The molecule has 0 aliphatic carbocycles. The van der Waals surface area contributed by atoms with Crippen LogP contribution in [-0.2, 0) is 0 Å². The van der Waals surface area contributed by atoms with E-state index in [0.29, 0.717) is 17.6 Å². The van der Waals surface area contributed by atoms with Crippen LogP contribution < -0.4 is 9.47 Å². The van der Waals surface area contributed by atoms with Gasteiger partial charge in [-0.3, -0.25) is 4.79 Å². The van der Waals surface area contributed by atoms with Crippen LogP contribution in [0, 0.1) is 0 Å². The smallest absolute Gasteiger partial charge is 0.171 e. The maximum Gasteiger partial charge on any atom is 0.171 e. The summed E-state index contributed by atoms with van der Waals surface area (Å²) in [4.78, 5) is 11.2. The van der Waals surface area contributed by atoms with E-state index in [1.807, 2.05) is 0 Å². The van der Waals surface area contributed by atoms with Crippen molar-refractivity contribution in [2.24, 2.45) is 0 Å². The molecule has 0 heterocycles. The lowest BCUT2D eigenvalue weighted by atomic mass is 10.0. The number of hydrogen-bond donors (Lipinski definition) is 2. The third-order valence-corrected chi connectivity index (χ3v) is 3.19. The van der Waals surface area contributed by atoms with Crippen molar-refractivity contribution >= 4 is 18.4 Å². The quantitative estimate of drug-likeness (QED) is 0.655. The molecular weight excluding hydrogens is 284 g/mol. The van der Waals surface area contributed by atoms with Gasteiger partial charge in [-0.05, 0) is 29.3 Å². The van der Waals surface area contributed by atoms with Crippen molar-refractivity contribution in [2.75, 3.05) is 14.2 Å². The van der Waals surface area contributed by atoms with Gasteiger partial charge in [0.2, 0.25) is 0 Å². The zero-order valence-corrected chi connectivity index (χ0v) is 12.2. The number of benzene rings is 2. The summed E-state index contributed by atoms with van der Waals surface area (Å²) in [6, 6.07) is 7.99. The molecule has 114 valence electrons. The predicted molar refractivity (Wildman–Crippen MR) is 83.6 cm³/mol. The molecule has 0 aliphatic rings. The number of rotatable bonds is 5. The summed E-state index contributed by atoms with van der Waals surface area (Å²) in [5.41, 5.74) is 1.67. The number of aromatic hydroxyl groups is 2. The Hall–Kier alpha value is -2.95. The Morgan fingerprint density at radius 3 is 2.32 bits per heavy atom. The molecule has 0 spiro atoms. The van der Waals surface area contributed by atoms with Gasteiger partial charge in [0.05, 0.1) is 19.8 Å². The zero-order valence-electron chi connectivity index (χ0n) is 12.2. The van der Waals surface area contributed by atoms with Crippen molar-refractivity contribution in [2.45, 2.75) is 0 Å². The van der Waals surface area contributed by atoms with E-state index in [1.54, 1.807) is 30.4 Å². The average molecular weight is 300 g/mol. The fourth-order valence-corrected chi connectivity index (χ4v) is 2.07. The first-order chi connectivity index (χ1) is 10.6. The maximum absolute atomic E-state index is 11.2. The third-order valence-electron chi connectivity index (χ3n) is 3.19. The Bertz CT molecular complexity index is 719. The number of phenols is 2. The molecular formula is C17H16O5. The Balaban J connectivity index is 2.40. The van der Waals surface area contributed by atoms with E-state index < -0.39 is 0 Å². The molecule has 0 bridgehead atoms. The Kier molecular flexibility index (Phi) is 4.68. The molecule has 0 aliphatic heterocycles. The molecule has 0 fully saturated rings. The molecule has 0 aromatic heterocycles. The molecule has 2 rings (SSSR count). The molecule has 5 nitrogen and oxygen atoms in total. The van der Waals surface area contributed by atoms with Gasteiger partial charge >= 0.3 is 0 Å². The molecule has 0 atom stereocenters. The monoisotopic (exact) mass is 300 g/mol. The highest BCUT2D eigenvalue weighted by atomic mass is 16.5. The lowest BCUT2D eigenvalue weighted by Gasteiger charge is -2.08. The molecule has 5 heteroatoms. The van der Waals surface area contributed by atoms with Crippen molar-refractivity contribution < 1.29 is 24.5 Å². The minimum Gasteiger partial charge on any atom is -0.504 e. The number of carbonyl (C=O) groups is 1. The zero-order chi connectivity index (χ0) is 16.1. The second-order valence-electron chi connectivity index (χ2n) is 4.50. The van der Waals surface area contributed by atoms with E-state index >= 15 is 0 Å². The Morgan fingerprint density at radius 1 is 0.955 bits per heavy atom. The average Bonchev–Trinajstić information content (AvgIpc) is 2.54. The molecule has 0 saturated heterocycles. The van der Waals surface area contributed by atoms with Crippen molar-refractivity contribution in [3.05, 3.63) is 47.0 Å². The van der Waals surface area contributed by atoms with Crippen LogP contribution in [0.5, 0.6) is 23.0 Å². The van der Waals surface area contributed by atoms with Crippen LogP contribution in [0.1, 0.15) is 21.5 Å². The van der Waals surface area contributed by atoms with Crippen molar-refractivity contribution in [3.8, 4) is 23.0 Å². The van der Waals surface area contributed by atoms with Crippen LogP contribution in [0.3, 0.4) is 0 Å². The highest BCUT2D eigenvalue weighted by Crippen LogP contribution is 2.32. The number of hydrogen-bond acceptors (Lipinski definition) is 5. The van der Waals surface area contributed by atoms with Crippen LogP contribution in [0.2, 0.25) is 0 Å². The van der Waals surface area contributed by atoms with E-state index in [0.717, 1.165) is 5.56 Å². The predicted octanol–water partition coefficient (Wildman–Crippen LogP) is 3.10. The van der Waals surface area contributed by atoms with Gasteiger partial charge in [-0.2, -0.15) is 0 Å². The Morgan fingerprint density at radius 2 is 1.68 bits per heavy atom. The number of carbonyl (C=O) groups excluding carboxylic acids is 1. The maximum atomic E-state index is 11.2. The third kappa shape index (κ3) is 3.03. The summed E-state index contributed by atoms with van der Waals surface area (Å²) < 4.78 is 10.1. The van der Waals surface area contributed by atoms with E-state index in [1.165, 1.54) is 26.4 Å². The first-order valence-electron chi connectivity index (χ1n) is 6.51. The normalized spacial score (nSPS) is 10.6. The summed E-state index contributed by atoms with van der Waals surface area (Å²) in [5.74, 6) is 0.467. The summed E-state index contributed by atoms with van der Waals surface area (Å²) in [5, 5.41) is 19.2. The van der Waals surface area contributed by atoms with Crippen LogP contribution >= 0.6 is 0 Å². The molecule has 2 aromatic rings. The van der Waals surface area contributed by atoms with Gasteiger partial charge in [-0.15, -0.1) is 0 Å². The van der Waals surface area contributed by atoms with E-state index in [-0.39, 0.29) is 22.8 Å². The fourth-order valence-electron chi connectivity index (χ4n) is 2.07. The van der Waals surface area contributed by atoms with Gasteiger partial charge in [0, 0.05) is 0 Å². The van der Waals surface area contributed by atoms with Gasteiger partial charge in [-0.1, -0.05) is 24.3 Å². The van der Waals surface area contributed by atoms with Gasteiger partial charge in [0.1, 0.15) is 0 Å². The standard InChI is InChI=1S/C17H16O5/c1-21-16-9-11(4-7-14(16)19)3-5-12-6-8-15(20)17(22-2)13(12)10-18/h3-10,19-20H,1-2H3. The lowest BCUT2D eigenvalue weighted by Crippen LogP contribution is -1.94. The molecule has 0 saturated carbocycles. The second kappa shape index (κ2) is 6.67. The lowest BCUT2D eigenvalue weighted by molar-refractivity contribution is 0.111. The highest BCUT2D eigenvalue weighted by Gasteiger charge is 2.11. The van der Waals surface area contributed by atoms with Gasteiger partial charge in [-0.25, -0.2) is 0 Å². The number of methoxy groups -OCH3 is 2. The van der Waals surface area contributed by atoms with E-state index in [9.17, 15) is 15.0 Å². The fraction of sp³-hybridized carbons (Fsp3) is 0.118. The summed E-state index contributed by atoms with van der Waals surface area (Å²) in [6.45, 7) is 0. The van der Waals surface area contributed by atoms with Crippen LogP contribution in [-0.4, -0.2) is 30.7 Å². The topological polar surface area (TPSA) is 76.0 Å². The molecule has 0 radical (unpaired) electrons. The summed E-state index contributed by atoms with van der Waals surface area (Å²) >= 11 is 0. The SMILES string of the molecule is COc1cc(C=Cc2ccc(O)c(OC)c2C=O)ccc1O. The largest absolute Gasteiger partial charge is 0.504 e. The first kappa shape index (κ1) is 15.4. The Labute approximate surface area is 128 Å². The molecule has 0 unspecified atom stereocenters. The second-order valence-corrected chi connectivity index (χ2v) is 4.50. The van der Waals surface area contributed by atoms with Crippen LogP contribution in [0.15, 0.2) is 30.3 Å². The van der Waals surface area contributed by atoms with Crippen molar-refractivity contribution in [1.82, 2.24) is 0 Å². The van der Waals surface area contributed by atoms with E-state index in [4.69, 9.17) is 9.47 Å². The molecule has 2 N–H and O–H groups in total. The van der Waals surface area contributed by atoms with Gasteiger partial charge in [0.15, 0.2) is 29.3 Å². The van der Waals surface area contributed by atoms with E-state index in [2.05, 4.69) is 0 Å². The molecule has 2 aromatic carbocycles. The highest BCUT2D eigenvalue weighted by molar-refractivity contribution is 5.89. The number of phenolic OH excluding ortho intramolecular Hbond substituents is 2. The van der Waals surface area contributed by atoms with Crippen LogP contribution in [0.25, 0.3) is 12.2 Å². The minimum absolute atomic E-state index is 0.0551. The minimum atomic E-state index is -0.0898. The summed E-state index contributed by atoms with van der Waals surface area (Å²) in [6.07, 6.45) is 4.12. The molecule has 22 heavy (non-hydrogen) atoms. The van der Waals surface area contributed by atoms with Gasteiger partial charge in [0.25, 0.3) is 0 Å². The van der Waals surface area contributed by atoms with Crippen molar-refractivity contribution in [1.29, 1.82) is 0 Å². The number of ether oxygens (including phenoxy) is 2. The first-order valence-corrected chi connectivity index (χ1v) is 6.51. The van der Waals surface area contributed by atoms with Crippen molar-refractivity contribution in [3.63, 3.8) is 0 Å².